The second-order valence-electron chi connectivity index (χ2n) is 3.88. The number of hydrogen-bond acceptors (Lipinski definition) is 4. The van der Waals surface area contributed by atoms with E-state index in [0.717, 1.165) is 12.2 Å². The van der Waals surface area contributed by atoms with Crippen molar-refractivity contribution in [3.8, 4) is 0 Å². The largest absolute Gasteiger partial charge is 0.411 e. The van der Waals surface area contributed by atoms with Crippen LogP contribution in [0.2, 0.25) is 0 Å². The third-order valence-electron chi connectivity index (χ3n) is 2.24. The summed E-state index contributed by atoms with van der Waals surface area (Å²) in [6.45, 7) is 0.268. The van der Waals surface area contributed by atoms with Crippen LogP contribution >= 0.6 is 0 Å². The molecule has 8 heteroatoms. The smallest absolute Gasteiger partial charge is 0.372 e. The average molecular weight is 266 g/mol. The lowest BCUT2D eigenvalue weighted by Gasteiger charge is -2.08. The molecule has 0 bridgehead atoms. The molecule has 0 aliphatic rings. The fourth-order valence-electron chi connectivity index (χ4n) is 1.35. The normalized spacial score (nSPS) is 12.0. The molecule has 1 N–H and O–H groups in total. The van der Waals surface area contributed by atoms with Gasteiger partial charge in [0.15, 0.2) is 0 Å². The Morgan fingerprint density at radius 2 is 2.17 bits per heavy atom. The lowest BCUT2D eigenvalue weighted by Crippen LogP contribution is -2.22. The first-order valence-electron chi connectivity index (χ1n) is 5.67. The van der Waals surface area contributed by atoms with Crippen molar-refractivity contribution < 1.29 is 17.9 Å². The summed E-state index contributed by atoms with van der Waals surface area (Å²) in [6.07, 6.45) is -1.33. The number of aryl methyl sites for hydroxylation is 1. The molecule has 0 aliphatic heterocycles. The Hall–Kier alpha value is -1.15. The molecule has 0 saturated carbocycles. The SMILES string of the molecule is Cn1cnnc1CCNCCCOCC(F)(F)F. The maximum atomic E-state index is 11.7. The Bertz CT molecular complexity index is 340. The number of hydrogen-bond donors (Lipinski definition) is 1. The van der Waals surface area contributed by atoms with Crippen LogP contribution < -0.4 is 5.32 Å². The molecule has 0 unspecified atom stereocenters. The molecule has 1 aromatic heterocycles. The molecular formula is C10H17F3N4O. The van der Waals surface area contributed by atoms with Crippen molar-refractivity contribution >= 4 is 0 Å². The molecule has 0 spiro atoms. The van der Waals surface area contributed by atoms with E-state index in [0.29, 0.717) is 19.5 Å². The standard InChI is InChI=1S/C10H17F3N4O/c1-17-8-15-16-9(17)3-5-14-4-2-6-18-7-10(11,12)13/h8,14H,2-7H2,1H3. The maximum absolute atomic E-state index is 11.7. The molecule has 104 valence electrons. The van der Waals surface area contributed by atoms with E-state index >= 15 is 0 Å². The molecule has 0 saturated heterocycles. The Morgan fingerprint density at radius 3 is 2.78 bits per heavy atom. The van der Waals surface area contributed by atoms with Gasteiger partial charge in [-0.1, -0.05) is 0 Å². The van der Waals surface area contributed by atoms with Crippen LogP contribution in [0.4, 0.5) is 13.2 Å². The van der Waals surface area contributed by atoms with Gasteiger partial charge in [-0.3, -0.25) is 0 Å². The highest BCUT2D eigenvalue weighted by atomic mass is 19.4. The lowest BCUT2D eigenvalue weighted by molar-refractivity contribution is -0.173. The van der Waals surface area contributed by atoms with Crippen LogP contribution in [-0.4, -0.2) is 47.2 Å². The first kappa shape index (κ1) is 14.9. The van der Waals surface area contributed by atoms with E-state index in [9.17, 15) is 13.2 Å². The number of halogens is 3. The number of aromatic nitrogens is 3. The molecule has 0 atom stereocenters. The molecule has 0 radical (unpaired) electrons. The molecule has 0 aromatic carbocycles. The summed E-state index contributed by atoms with van der Waals surface area (Å²) in [5, 5.41) is 10.8. The minimum atomic E-state index is -4.24. The van der Waals surface area contributed by atoms with E-state index in [1.807, 2.05) is 11.6 Å². The quantitative estimate of drug-likeness (QED) is 0.711. The Labute approximate surface area is 103 Å². The third kappa shape index (κ3) is 6.55. The van der Waals surface area contributed by atoms with Crippen molar-refractivity contribution in [2.45, 2.75) is 19.0 Å². The summed E-state index contributed by atoms with van der Waals surface area (Å²) in [5.74, 6) is 0.871. The Morgan fingerprint density at radius 1 is 1.39 bits per heavy atom. The van der Waals surface area contributed by atoms with E-state index in [1.165, 1.54) is 0 Å². The number of nitrogens with zero attached hydrogens (tertiary/aromatic N) is 3. The third-order valence-corrected chi connectivity index (χ3v) is 2.24. The predicted molar refractivity (Wildman–Crippen MR) is 59.1 cm³/mol. The van der Waals surface area contributed by atoms with Gasteiger partial charge in [0.1, 0.15) is 18.8 Å². The molecule has 1 rings (SSSR count). The van der Waals surface area contributed by atoms with Gasteiger partial charge >= 0.3 is 6.18 Å². The zero-order chi connectivity index (χ0) is 13.4. The fourth-order valence-corrected chi connectivity index (χ4v) is 1.35. The number of rotatable bonds is 8. The van der Waals surface area contributed by atoms with Crippen molar-refractivity contribution in [2.75, 3.05) is 26.3 Å². The molecule has 0 amide bonds. The molecular weight excluding hydrogens is 249 g/mol. The summed E-state index contributed by atoms with van der Waals surface area (Å²) in [6, 6.07) is 0. The number of alkyl halides is 3. The number of nitrogens with one attached hydrogen (secondary N) is 1. The zero-order valence-corrected chi connectivity index (χ0v) is 10.2. The van der Waals surface area contributed by atoms with Gasteiger partial charge in [-0.2, -0.15) is 13.2 Å². The summed E-state index contributed by atoms with van der Waals surface area (Å²) in [5.41, 5.74) is 0. The van der Waals surface area contributed by atoms with Gasteiger partial charge in [-0.25, -0.2) is 0 Å². The van der Waals surface area contributed by atoms with Crippen LogP contribution in [0.1, 0.15) is 12.2 Å². The topological polar surface area (TPSA) is 52.0 Å². The second-order valence-corrected chi connectivity index (χ2v) is 3.88. The maximum Gasteiger partial charge on any atom is 0.411 e. The lowest BCUT2D eigenvalue weighted by atomic mass is 10.3. The monoisotopic (exact) mass is 266 g/mol. The highest BCUT2D eigenvalue weighted by molar-refractivity contribution is 4.84. The van der Waals surface area contributed by atoms with E-state index in [2.05, 4.69) is 20.3 Å². The van der Waals surface area contributed by atoms with Gasteiger partial charge in [0.05, 0.1) is 0 Å². The molecule has 1 aromatic rings. The number of ether oxygens (including phenoxy) is 1. The van der Waals surface area contributed by atoms with Crippen LogP contribution in [0.3, 0.4) is 0 Å². The van der Waals surface area contributed by atoms with Crippen molar-refractivity contribution in [3.63, 3.8) is 0 Å². The van der Waals surface area contributed by atoms with Crippen molar-refractivity contribution in [2.24, 2.45) is 7.05 Å². The van der Waals surface area contributed by atoms with E-state index < -0.39 is 12.8 Å². The Kier molecular flexibility index (Phi) is 6.06. The van der Waals surface area contributed by atoms with Gasteiger partial charge in [-0.05, 0) is 13.0 Å². The van der Waals surface area contributed by atoms with Gasteiger partial charge in [0, 0.05) is 26.6 Å². The zero-order valence-electron chi connectivity index (χ0n) is 10.2. The summed E-state index contributed by atoms with van der Waals surface area (Å²) in [4.78, 5) is 0. The van der Waals surface area contributed by atoms with Gasteiger partial charge in [0.2, 0.25) is 0 Å². The first-order chi connectivity index (χ1) is 8.49. The van der Waals surface area contributed by atoms with Crippen molar-refractivity contribution in [3.05, 3.63) is 12.2 Å². The van der Waals surface area contributed by atoms with Crippen LogP contribution in [-0.2, 0) is 18.2 Å². The molecule has 1 heterocycles. The van der Waals surface area contributed by atoms with Gasteiger partial charge in [-0.15, -0.1) is 10.2 Å². The van der Waals surface area contributed by atoms with Crippen LogP contribution in [0.15, 0.2) is 6.33 Å². The summed E-state index contributed by atoms with van der Waals surface area (Å²) < 4.78 is 41.5. The molecule has 0 fully saturated rings. The first-order valence-corrected chi connectivity index (χ1v) is 5.67. The van der Waals surface area contributed by atoms with Crippen LogP contribution in [0, 0.1) is 0 Å². The van der Waals surface area contributed by atoms with E-state index in [4.69, 9.17) is 0 Å². The minimum Gasteiger partial charge on any atom is -0.372 e. The van der Waals surface area contributed by atoms with Crippen molar-refractivity contribution in [1.82, 2.24) is 20.1 Å². The van der Waals surface area contributed by atoms with Crippen molar-refractivity contribution in [1.29, 1.82) is 0 Å². The molecule has 18 heavy (non-hydrogen) atoms. The summed E-state index contributed by atoms with van der Waals surface area (Å²) in [7, 11) is 1.86. The minimum absolute atomic E-state index is 0.108. The predicted octanol–water partition coefficient (Wildman–Crippen LogP) is 0.916. The van der Waals surface area contributed by atoms with Gasteiger partial charge < -0.3 is 14.6 Å². The van der Waals surface area contributed by atoms with Gasteiger partial charge in [0.25, 0.3) is 0 Å². The highest BCUT2D eigenvalue weighted by Gasteiger charge is 2.27. The summed E-state index contributed by atoms with van der Waals surface area (Å²) >= 11 is 0. The second kappa shape index (κ2) is 7.32. The Balaban J connectivity index is 1.92. The highest BCUT2D eigenvalue weighted by Crippen LogP contribution is 2.14. The van der Waals surface area contributed by atoms with Crippen LogP contribution in [0.5, 0.6) is 0 Å². The molecule has 0 aliphatic carbocycles. The van der Waals surface area contributed by atoms with E-state index in [-0.39, 0.29) is 6.61 Å². The average Bonchev–Trinajstić information content (AvgIpc) is 2.67. The van der Waals surface area contributed by atoms with Crippen LogP contribution in [0.25, 0.3) is 0 Å². The fraction of sp³-hybridized carbons (Fsp3) is 0.800. The van der Waals surface area contributed by atoms with E-state index in [1.54, 1.807) is 6.33 Å². The molecule has 5 nitrogen and oxygen atoms in total.